The van der Waals surface area contributed by atoms with Gasteiger partial charge >= 0.3 is 0 Å². The molecule has 3 atom stereocenters. The molecule has 0 aromatic heterocycles. The summed E-state index contributed by atoms with van der Waals surface area (Å²) in [7, 11) is 2.22. The van der Waals surface area contributed by atoms with E-state index >= 15 is 0 Å². The summed E-state index contributed by atoms with van der Waals surface area (Å²) in [4.78, 5) is 5.01. The molecule has 3 rings (SSSR count). The van der Waals surface area contributed by atoms with Crippen LogP contribution in [0.25, 0.3) is 0 Å². The summed E-state index contributed by atoms with van der Waals surface area (Å²) in [5.41, 5.74) is 0. The normalized spacial score (nSPS) is 35.6. The Kier molecular flexibility index (Phi) is 4.25. The fraction of sp³-hybridized carbons (Fsp3) is 0.875. The molecule has 1 saturated heterocycles. The molecule has 0 aromatic carbocycles. The predicted molar refractivity (Wildman–Crippen MR) is 78.0 cm³/mol. The zero-order valence-electron chi connectivity index (χ0n) is 12.2. The molecule has 2 bridgehead atoms. The Morgan fingerprint density at radius 3 is 2.58 bits per heavy atom. The first-order valence-corrected chi connectivity index (χ1v) is 7.98. The quantitative estimate of drug-likeness (QED) is 0.764. The van der Waals surface area contributed by atoms with Crippen molar-refractivity contribution in [2.45, 2.75) is 31.7 Å². The van der Waals surface area contributed by atoms with Gasteiger partial charge in [-0.15, -0.1) is 0 Å². The molecular weight excluding hydrogens is 236 g/mol. The fourth-order valence-electron chi connectivity index (χ4n) is 4.32. The summed E-state index contributed by atoms with van der Waals surface area (Å²) in [5.74, 6) is 2.54. The molecule has 3 nitrogen and oxygen atoms in total. The molecule has 1 saturated carbocycles. The van der Waals surface area contributed by atoms with Gasteiger partial charge in [0.2, 0.25) is 0 Å². The lowest BCUT2D eigenvalue weighted by Gasteiger charge is -2.39. The molecule has 0 amide bonds. The number of likely N-dealkylation sites (tertiary alicyclic amines) is 1. The van der Waals surface area contributed by atoms with Crippen LogP contribution in [0, 0.1) is 17.8 Å². The molecule has 19 heavy (non-hydrogen) atoms. The highest BCUT2D eigenvalue weighted by Gasteiger charge is 2.37. The van der Waals surface area contributed by atoms with Gasteiger partial charge in [0.15, 0.2) is 0 Å². The summed E-state index contributed by atoms with van der Waals surface area (Å²) in [6.07, 6.45) is 10.2. The third-order valence-corrected chi connectivity index (χ3v) is 5.48. The van der Waals surface area contributed by atoms with Crippen molar-refractivity contribution >= 4 is 0 Å². The second-order valence-corrected chi connectivity index (χ2v) is 6.79. The number of hydrogen-bond acceptors (Lipinski definition) is 3. The first kappa shape index (κ1) is 13.6. The van der Waals surface area contributed by atoms with E-state index in [0.717, 1.165) is 24.3 Å². The van der Waals surface area contributed by atoms with Gasteiger partial charge in [-0.1, -0.05) is 12.2 Å². The SMILES string of the molecule is CN1CCC(N(CCO)C[C@H]2C[C@H]3C=C[C@H]2C3)CC1. The lowest BCUT2D eigenvalue weighted by atomic mass is 9.91. The van der Waals surface area contributed by atoms with Crippen LogP contribution in [-0.2, 0) is 0 Å². The average molecular weight is 264 g/mol. The highest BCUT2D eigenvalue weighted by molar-refractivity contribution is 5.10. The number of hydrogen-bond donors (Lipinski definition) is 1. The van der Waals surface area contributed by atoms with E-state index in [1.807, 2.05) is 0 Å². The number of piperidine rings is 1. The van der Waals surface area contributed by atoms with Crippen molar-refractivity contribution < 1.29 is 5.11 Å². The van der Waals surface area contributed by atoms with E-state index in [1.165, 1.54) is 45.3 Å². The molecule has 0 radical (unpaired) electrons. The van der Waals surface area contributed by atoms with Gasteiger partial charge in [-0.05, 0) is 63.6 Å². The van der Waals surface area contributed by atoms with E-state index in [-0.39, 0.29) is 0 Å². The summed E-state index contributed by atoms with van der Waals surface area (Å²) < 4.78 is 0. The summed E-state index contributed by atoms with van der Waals surface area (Å²) in [6.45, 7) is 4.81. The van der Waals surface area contributed by atoms with Gasteiger partial charge in [0, 0.05) is 19.1 Å². The number of aliphatic hydroxyl groups is 1. The molecule has 2 fully saturated rings. The topological polar surface area (TPSA) is 26.7 Å². The van der Waals surface area contributed by atoms with Gasteiger partial charge in [-0.25, -0.2) is 0 Å². The van der Waals surface area contributed by atoms with Crippen LogP contribution in [-0.4, -0.2) is 60.8 Å². The molecular formula is C16H28N2O. The van der Waals surface area contributed by atoms with Gasteiger partial charge in [0.1, 0.15) is 0 Å². The van der Waals surface area contributed by atoms with Crippen molar-refractivity contribution in [3.8, 4) is 0 Å². The third-order valence-electron chi connectivity index (χ3n) is 5.48. The highest BCUT2D eigenvalue weighted by Crippen LogP contribution is 2.43. The molecule has 0 aromatic rings. The number of allylic oxidation sites excluding steroid dienone is 2. The van der Waals surface area contributed by atoms with Crippen LogP contribution in [0.15, 0.2) is 12.2 Å². The van der Waals surface area contributed by atoms with Crippen LogP contribution in [0.2, 0.25) is 0 Å². The van der Waals surface area contributed by atoms with E-state index in [1.54, 1.807) is 0 Å². The van der Waals surface area contributed by atoms with E-state index < -0.39 is 0 Å². The van der Waals surface area contributed by atoms with Crippen LogP contribution in [0.5, 0.6) is 0 Å². The Balaban J connectivity index is 1.56. The van der Waals surface area contributed by atoms with Crippen molar-refractivity contribution in [3.63, 3.8) is 0 Å². The average Bonchev–Trinajstić information content (AvgIpc) is 3.01. The van der Waals surface area contributed by atoms with E-state index in [9.17, 15) is 5.11 Å². The zero-order valence-corrected chi connectivity index (χ0v) is 12.2. The lowest BCUT2D eigenvalue weighted by molar-refractivity contribution is 0.0817. The monoisotopic (exact) mass is 264 g/mol. The second kappa shape index (κ2) is 5.94. The predicted octanol–water partition coefficient (Wildman–Crippen LogP) is 1.59. The first-order chi connectivity index (χ1) is 9.26. The largest absolute Gasteiger partial charge is 0.395 e. The minimum Gasteiger partial charge on any atom is -0.395 e. The van der Waals surface area contributed by atoms with Gasteiger partial charge in [-0.2, -0.15) is 0 Å². The van der Waals surface area contributed by atoms with Crippen LogP contribution in [0.4, 0.5) is 0 Å². The Labute approximate surface area is 117 Å². The molecule has 108 valence electrons. The highest BCUT2D eigenvalue weighted by atomic mass is 16.3. The summed E-state index contributed by atoms with van der Waals surface area (Å²) in [5, 5.41) is 9.36. The Morgan fingerprint density at radius 2 is 2.00 bits per heavy atom. The van der Waals surface area contributed by atoms with Crippen molar-refractivity contribution in [3.05, 3.63) is 12.2 Å². The summed E-state index contributed by atoms with van der Waals surface area (Å²) in [6, 6.07) is 0.700. The van der Waals surface area contributed by atoms with Crippen molar-refractivity contribution in [1.29, 1.82) is 0 Å². The third kappa shape index (κ3) is 3.04. The minimum absolute atomic E-state index is 0.309. The maximum atomic E-state index is 9.36. The zero-order chi connectivity index (χ0) is 13.2. The molecule has 1 N–H and O–H groups in total. The second-order valence-electron chi connectivity index (χ2n) is 6.79. The van der Waals surface area contributed by atoms with Crippen LogP contribution in [0.3, 0.4) is 0 Å². The smallest absolute Gasteiger partial charge is 0.0558 e. The summed E-state index contributed by atoms with van der Waals surface area (Å²) >= 11 is 0. The minimum atomic E-state index is 0.309. The molecule has 0 spiro atoms. The molecule has 0 unspecified atom stereocenters. The van der Waals surface area contributed by atoms with Crippen molar-refractivity contribution in [2.75, 3.05) is 39.8 Å². The molecule has 3 aliphatic rings. The van der Waals surface area contributed by atoms with Crippen LogP contribution in [0.1, 0.15) is 25.7 Å². The number of aliphatic hydroxyl groups excluding tert-OH is 1. The Bertz CT molecular complexity index is 323. The standard InChI is InChI=1S/C16H28N2O/c1-17-6-4-16(5-7-17)18(8-9-19)12-15-11-13-2-3-14(15)10-13/h2-3,13-16,19H,4-12H2,1H3/t13-,14-,15+/m0/s1. The molecule has 2 aliphatic carbocycles. The van der Waals surface area contributed by atoms with Crippen molar-refractivity contribution in [2.24, 2.45) is 17.8 Å². The van der Waals surface area contributed by atoms with Gasteiger partial charge in [-0.3, -0.25) is 4.90 Å². The first-order valence-electron chi connectivity index (χ1n) is 7.98. The van der Waals surface area contributed by atoms with Gasteiger partial charge in [0.05, 0.1) is 6.61 Å². The molecule has 3 heteroatoms. The maximum absolute atomic E-state index is 9.36. The lowest BCUT2D eigenvalue weighted by Crippen LogP contribution is -2.47. The van der Waals surface area contributed by atoms with Crippen molar-refractivity contribution in [1.82, 2.24) is 9.80 Å². The number of nitrogens with zero attached hydrogens (tertiary/aromatic N) is 2. The van der Waals surface area contributed by atoms with Crippen LogP contribution < -0.4 is 0 Å². The van der Waals surface area contributed by atoms with E-state index in [0.29, 0.717) is 12.6 Å². The van der Waals surface area contributed by atoms with E-state index in [4.69, 9.17) is 0 Å². The van der Waals surface area contributed by atoms with E-state index in [2.05, 4.69) is 29.0 Å². The van der Waals surface area contributed by atoms with Gasteiger partial charge < -0.3 is 10.0 Å². The Morgan fingerprint density at radius 1 is 1.21 bits per heavy atom. The fourth-order valence-corrected chi connectivity index (χ4v) is 4.32. The maximum Gasteiger partial charge on any atom is 0.0558 e. The number of fused-ring (bicyclic) bond motifs is 2. The molecule has 1 aliphatic heterocycles. The van der Waals surface area contributed by atoms with Gasteiger partial charge in [0.25, 0.3) is 0 Å². The molecule has 1 heterocycles. The van der Waals surface area contributed by atoms with Crippen LogP contribution >= 0.6 is 0 Å². The Hall–Kier alpha value is -0.380. The number of rotatable bonds is 5.